The summed E-state index contributed by atoms with van der Waals surface area (Å²) in [4.78, 5) is 14.2. The lowest BCUT2D eigenvalue weighted by molar-refractivity contribution is -0.132. The number of benzene rings is 1. The van der Waals surface area contributed by atoms with Gasteiger partial charge in [-0.25, -0.2) is 0 Å². The molecule has 0 aromatic heterocycles. The van der Waals surface area contributed by atoms with Gasteiger partial charge in [-0.2, -0.15) is 0 Å². The van der Waals surface area contributed by atoms with Crippen molar-refractivity contribution in [3.63, 3.8) is 0 Å². The zero-order chi connectivity index (χ0) is 13.8. The quantitative estimate of drug-likeness (QED) is 0.824. The summed E-state index contributed by atoms with van der Waals surface area (Å²) in [6, 6.07) is 6.28. The van der Waals surface area contributed by atoms with Crippen LogP contribution >= 0.6 is 15.9 Å². The van der Waals surface area contributed by atoms with Gasteiger partial charge in [0.2, 0.25) is 5.91 Å². The number of aryl methyl sites for hydroxylation is 2. The molecule has 0 radical (unpaired) electrons. The molecule has 1 amide bonds. The molecule has 0 N–H and O–H groups in total. The van der Waals surface area contributed by atoms with E-state index in [9.17, 15) is 4.79 Å². The van der Waals surface area contributed by atoms with Crippen molar-refractivity contribution in [3.05, 3.63) is 33.8 Å². The molecule has 1 fully saturated rings. The molecular weight excluding hydrogens is 302 g/mol. The molecule has 1 saturated heterocycles. The maximum absolute atomic E-state index is 12.2. The third-order valence-corrected chi connectivity index (χ3v) is 4.55. The van der Waals surface area contributed by atoms with Crippen LogP contribution in [0.4, 0.5) is 0 Å². The zero-order valence-corrected chi connectivity index (χ0v) is 13.4. The van der Waals surface area contributed by atoms with Gasteiger partial charge in [0.15, 0.2) is 0 Å². The molecule has 1 aromatic carbocycles. The molecule has 0 spiro atoms. The maximum atomic E-state index is 12.2. The molecule has 19 heavy (non-hydrogen) atoms. The summed E-state index contributed by atoms with van der Waals surface area (Å²) in [5.74, 6) is 1.09. The molecule has 0 atom stereocenters. The van der Waals surface area contributed by atoms with Gasteiger partial charge in [0.1, 0.15) is 0 Å². The van der Waals surface area contributed by atoms with E-state index in [0.29, 0.717) is 12.3 Å². The van der Waals surface area contributed by atoms with E-state index in [1.807, 2.05) is 11.0 Å². The van der Waals surface area contributed by atoms with Gasteiger partial charge in [-0.05, 0) is 55.4 Å². The van der Waals surface area contributed by atoms with E-state index < -0.39 is 0 Å². The molecule has 0 bridgehead atoms. The van der Waals surface area contributed by atoms with Crippen molar-refractivity contribution >= 4 is 21.8 Å². The van der Waals surface area contributed by atoms with Gasteiger partial charge in [0.25, 0.3) is 0 Å². The van der Waals surface area contributed by atoms with Crippen molar-refractivity contribution in [1.29, 1.82) is 0 Å². The first-order chi connectivity index (χ1) is 9.06. The van der Waals surface area contributed by atoms with Gasteiger partial charge in [-0.3, -0.25) is 4.79 Å². The van der Waals surface area contributed by atoms with Crippen LogP contribution in [0.25, 0.3) is 0 Å². The molecular formula is C16H22BrNO. The summed E-state index contributed by atoms with van der Waals surface area (Å²) in [7, 11) is 0. The van der Waals surface area contributed by atoms with Crippen molar-refractivity contribution in [2.45, 2.75) is 39.5 Å². The standard InChI is InChI=1S/C16H22BrNO/c1-12-7-9-18(10-8-12)16(19)6-4-14-11-15(17)5-3-13(14)2/h3,5,11-12H,4,6-10H2,1-2H3. The molecule has 2 rings (SSSR count). The fourth-order valence-electron chi connectivity index (χ4n) is 2.57. The van der Waals surface area contributed by atoms with Gasteiger partial charge in [-0.1, -0.05) is 28.9 Å². The third kappa shape index (κ3) is 4.07. The summed E-state index contributed by atoms with van der Waals surface area (Å²) in [5, 5.41) is 0. The summed E-state index contributed by atoms with van der Waals surface area (Å²) < 4.78 is 1.09. The predicted molar refractivity (Wildman–Crippen MR) is 82.2 cm³/mol. The molecule has 1 aliphatic heterocycles. The Hall–Kier alpha value is -0.830. The molecule has 3 heteroatoms. The second kappa shape index (κ2) is 6.56. The first-order valence-electron chi connectivity index (χ1n) is 7.09. The molecule has 2 nitrogen and oxygen atoms in total. The summed E-state index contributed by atoms with van der Waals surface area (Å²) in [5.41, 5.74) is 2.54. The number of halogens is 1. The Morgan fingerprint density at radius 3 is 2.74 bits per heavy atom. The molecule has 104 valence electrons. The van der Waals surface area contributed by atoms with Crippen LogP contribution in [0.1, 0.15) is 37.3 Å². The Morgan fingerprint density at radius 2 is 2.05 bits per heavy atom. The monoisotopic (exact) mass is 323 g/mol. The Balaban J connectivity index is 1.88. The first kappa shape index (κ1) is 14.6. The van der Waals surface area contributed by atoms with Gasteiger partial charge in [0, 0.05) is 24.0 Å². The number of amides is 1. The second-order valence-corrected chi connectivity index (χ2v) is 6.55. The van der Waals surface area contributed by atoms with Crippen LogP contribution in [0.2, 0.25) is 0 Å². The summed E-state index contributed by atoms with van der Waals surface area (Å²) in [6.45, 7) is 6.26. The molecule has 0 saturated carbocycles. The molecule has 1 heterocycles. The summed E-state index contributed by atoms with van der Waals surface area (Å²) >= 11 is 3.49. The van der Waals surface area contributed by atoms with Crippen molar-refractivity contribution in [1.82, 2.24) is 4.90 Å². The largest absolute Gasteiger partial charge is 0.343 e. The van der Waals surface area contributed by atoms with Crippen molar-refractivity contribution in [2.75, 3.05) is 13.1 Å². The highest BCUT2D eigenvalue weighted by molar-refractivity contribution is 9.10. The molecule has 1 aromatic rings. The Labute approximate surface area is 124 Å². The van der Waals surface area contributed by atoms with Crippen molar-refractivity contribution in [3.8, 4) is 0 Å². The highest BCUT2D eigenvalue weighted by Gasteiger charge is 2.19. The van der Waals surface area contributed by atoms with E-state index in [2.05, 4.69) is 41.9 Å². The number of carbonyl (C=O) groups is 1. The van der Waals surface area contributed by atoms with Crippen LogP contribution in [0, 0.1) is 12.8 Å². The van der Waals surface area contributed by atoms with Gasteiger partial charge < -0.3 is 4.90 Å². The van der Waals surface area contributed by atoms with Gasteiger partial charge in [-0.15, -0.1) is 0 Å². The SMILES string of the molecule is Cc1ccc(Br)cc1CCC(=O)N1CCC(C)CC1. The number of likely N-dealkylation sites (tertiary alicyclic amines) is 1. The number of hydrogen-bond donors (Lipinski definition) is 0. The van der Waals surface area contributed by atoms with E-state index in [4.69, 9.17) is 0 Å². The van der Waals surface area contributed by atoms with Crippen molar-refractivity contribution in [2.24, 2.45) is 5.92 Å². The molecule has 1 aliphatic rings. The van der Waals surface area contributed by atoms with Gasteiger partial charge >= 0.3 is 0 Å². The predicted octanol–water partition coefficient (Wildman–Crippen LogP) is 3.95. The normalized spacial score (nSPS) is 16.7. The Morgan fingerprint density at radius 1 is 1.37 bits per heavy atom. The van der Waals surface area contributed by atoms with E-state index in [-0.39, 0.29) is 0 Å². The molecule has 0 unspecified atom stereocenters. The van der Waals surface area contributed by atoms with Crippen LogP contribution in [-0.2, 0) is 11.2 Å². The Bertz CT molecular complexity index is 450. The second-order valence-electron chi connectivity index (χ2n) is 5.63. The minimum atomic E-state index is 0.311. The lowest BCUT2D eigenvalue weighted by Crippen LogP contribution is -2.38. The number of piperidine rings is 1. The topological polar surface area (TPSA) is 20.3 Å². The molecule has 0 aliphatic carbocycles. The first-order valence-corrected chi connectivity index (χ1v) is 7.88. The highest BCUT2D eigenvalue weighted by Crippen LogP contribution is 2.20. The summed E-state index contributed by atoms with van der Waals surface area (Å²) in [6.07, 6.45) is 3.78. The Kier molecular flexibility index (Phi) is 5.03. The average molecular weight is 324 g/mol. The smallest absolute Gasteiger partial charge is 0.222 e. The van der Waals surface area contributed by atoms with E-state index >= 15 is 0 Å². The van der Waals surface area contributed by atoms with Crippen LogP contribution < -0.4 is 0 Å². The minimum absolute atomic E-state index is 0.311. The number of hydrogen-bond acceptors (Lipinski definition) is 1. The van der Waals surface area contributed by atoms with E-state index in [0.717, 1.165) is 42.7 Å². The van der Waals surface area contributed by atoms with Crippen LogP contribution in [0.5, 0.6) is 0 Å². The zero-order valence-electron chi connectivity index (χ0n) is 11.8. The van der Waals surface area contributed by atoms with E-state index in [1.165, 1.54) is 11.1 Å². The fraction of sp³-hybridized carbons (Fsp3) is 0.562. The average Bonchev–Trinajstić information content (AvgIpc) is 2.40. The van der Waals surface area contributed by atoms with Crippen LogP contribution in [-0.4, -0.2) is 23.9 Å². The third-order valence-electron chi connectivity index (χ3n) is 4.06. The van der Waals surface area contributed by atoms with E-state index in [1.54, 1.807) is 0 Å². The van der Waals surface area contributed by atoms with Crippen LogP contribution in [0.15, 0.2) is 22.7 Å². The maximum Gasteiger partial charge on any atom is 0.222 e. The fourth-order valence-corrected chi connectivity index (χ4v) is 2.98. The lowest BCUT2D eigenvalue weighted by Gasteiger charge is -2.30. The number of rotatable bonds is 3. The minimum Gasteiger partial charge on any atom is -0.343 e. The van der Waals surface area contributed by atoms with Crippen molar-refractivity contribution < 1.29 is 4.79 Å². The number of carbonyl (C=O) groups excluding carboxylic acids is 1. The van der Waals surface area contributed by atoms with Gasteiger partial charge in [0.05, 0.1) is 0 Å². The highest BCUT2D eigenvalue weighted by atomic mass is 79.9. The number of nitrogens with zero attached hydrogens (tertiary/aromatic N) is 1. The van der Waals surface area contributed by atoms with Crippen LogP contribution in [0.3, 0.4) is 0 Å². The lowest BCUT2D eigenvalue weighted by atomic mass is 9.98.